The van der Waals surface area contributed by atoms with Crippen LogP contribution in [-0.2, 0) is 42.9 Å². The molecule has 1 heterocycles. The van der Waals surface area contributed by atoms with E-state index in [0.717, 1.165) is 96.3 Å². The number of esters is 3. The van der Waals surface area contributed by atoms with Crippen LogP contribution >= 0.6 is 0 Å². The van der Waals surface area contributed by atoms with Gasteiger partial charge in [0.05, 0.1) is 6.61 Å². The van der Waals surface area contributed by atoms with E-state index >= 15 is 0 Å². The Balaban J connectivity index is 2.66. The van der Waals surface area contributed by atoms with Crippen LogP contribution in [-0.4, -0.2) is 89.2 Å². The van der Waals surface area contributed by atoms with Crippen LogP contribution in [0.15, 0.2) is 36.5 Å². The molecule has 3 N–H and O–H groups in total. The van der Waals surface area contributed by atoms with Crippen molar-refractivity contribution in [1.82, 2.24) is 0 Å². The van der Waals surface area contributed by atoms with Gasteiger partial charge in [-0.1, -0.05) is 243 Å². The van der Waals surface area contributed by atoms with Gasteiger partial charge < -0.3 is 39.0 Å². The van der Waals surface area contributed by atoms with Crippen molar-refractivity contribution >= 4 is 23.9 Å². The number of rotatable bonds is 55. The zero-order chi connectivity index (χ0) is 56.1. The highest BCUT2D eigenvalue weighted by Gasteiger charge is 2.50. The number of hydrogen-bond acceptors (Lipinski definition) is 11. The lowest BCUT2D eigenvalue weighted by atomic mass is 9.98. The van der Waals surface area contributed by atoms with E-state index in [1.54, 1.807) is 0 Å². The van der Waals surface area contributed by atoms with Crippen molar-refractivity contribution in [3.63, 3.8) is 0 Å². The molecule has 0 bridgehead atoms. The number of hydrogen-bond donors (Lipinski definition) is 3. The summed E-state index contributed by atoms with van der Waals surface area (Å²) < 4.78 is 28.5. The molecule has 448 valence electrons. The molecule has 0 radical (unpaired) electrons. The molecule has 0 spiro atoms. The zero-order valence-corrected chi connectivity index (χ0v) is 49.5. The molecule has 0 saturated carbocycles. The zero-order valence-electron chi connectivity index (χ0n) is 49.5. The molecule has 1 fully saturated rings. The van der Waals surface area contributed by atoms with Gasteiger partial charge in [-0.15, -0.1) is 0 Å². The van der Waals surface area contributed by atoms with Gasteiger partial charge in [-0.25, -0.2) is 4.79 Å². The first-order chi connectivity index (χ1) is 37.6. The van der Waals surface area contributed by atoms with Crippen LogP contribution in [0.25, 0.3) is 0 Å². The maximum atomic E-state index is 13.2. The van der Waals surface area contributed by atoms with Crippen LogP contribution in [0, 0.1) is 0 Å². The predicted octanol–water partition coefficient (Wildman–Crippen LogP) is 16.8. The second kappa shape index (κ2) is 53.6. The van der Waals surface area contributed by atoms with Gasteiger partial charge in [0.1, 0.15) is 18.8 Å². The van der Waals surface area contributed by atoms with E-state index in [1.807, 2.05) is 0 Å². The lowest BCUT2D eigenvalue weighted by Gasteiger charge is -2.40. The first-order valence-electron chi connectivity index (χ1n) is 32.0. The number of unbranched alkanes of at least 4 members (excludes halogenated alkanes) is 35. The fourth-order valence-corrected chi connectivity index (χ4v) is 9.75. The molecule has 6 atom stereocenters. The molecule has 6 unspecified atom stereocenters. The number of allylic oxidation sites excluding steroid dienone is 6. The van der Waals surface area contributed by atoms with Crippen LogP contribution in [0.1, 0.15) is 303 Å². The SMILES string of the molecule is CCCCC/C=C\C/C=C\CCCCCCCC(=O)OCC(COC1OC(C(=O)O)C(O)C(O)C1OC(=O)CCCCCCCCC/C=C\CCCCCCCC)OC(=O)CCCCCCCCCCCCCCCCC. The summed E-state index contributed by atoms with van der Waals surface area (Å²) in [5.41, 5.74) is 0. The highest BCUT2D eigenvalue weighted by atomic mass is 16.7. The summed E-state index contributed by atoms with van der Waals surface area (Å²) in [6.07, 6.45) is 51.0. The van der Waals surface area contributed by atoms with Crippen molar-refractivity contribution in [2.24, 2.45) is 0 Å². The van der Waals surface area contributed by atoms with Crippen LogP contribution in [0.2, 0.25) is 0 Å². The Bertz CT molecular complexity index is 1480. The third kappa shape index (κ3) is 43.4. The summed E-state index contributed by atoms with van der Waals surface area (Å²) in [5, 5.41) is 31.6. The molecule has 12 nitrogen and oxygen atoms in total. The number of carbonyl (C=O) groups is 4. The Morgan fingerprint density at radius 3 is 1.21 bits per heavy atom. The van der Waals surface area contributed by atoms with Gasteiger partial charge >= 0.3 is 23.9 Å². The van der Waals surface area contributed by atoms with Gasteiger partial charge in [-0.2, -0.15) is 0 Å². The fourth-order valence-electron chi connectivity index (χ4n) is 9.75. The number of ether oxygens (including phenoxy) is 5. The third-order valence-corrected chi connectivity index (χ3v) is 14.7. The van der Waals surface area contributed by atoms with Crippen LogP contribution in [0.4, 0.5) is 0 Å². The third-order valence-electron chi connectivity index (χ3n) is 14.7. The van der Waals surface area contributed by atoms with Crippen molar-refractivity contribution in [3.8, 4) is 0 Å². The molecule has 12 heteroatoms. The summed E-state index contributed by atoms with van der Waals surface area (Å²) >= 11 is 0. The summed E-state index contributed by atoms with van der Waals surface area (Å²) in [6.45, 7) is 5.99. The molecule has 1 rings (SSSR count). The summed E-state index contributed by atoms with van der Waals surface area (Å²) in [6, 6.07) is 0. The number of aliphatic carboxylic acids is 1. The highest BCUT2D eigenvalue weighted by molar-refractivity contribution is 5.74. The van der Waals surface area contributed by atoms with Crippen molar-refractivity contribution in [2.75, 3.05) is 13.2 Å². The maximum absolute atomic E-state index is 13.2. The van der Waals surface area contributed by atoms with Gasteiger partial charge in [0.25, 0.3) is 0 Å². The van der Waals surface area contributed by atoms with E-state index < -0.39 is 67.3 Å². The lowest BCUT2D eigenvalue weighted by Crippen LogP contribution is -2.61. The minimum Gasteiger partial charge on any atom is -0.479 e. The monoisotopic (exact) mass is 1090 g/mol. The Hall–Kier alpha value is -3.06. The second-order valence-corrected chi connectivity index (χ2v) is 22.0. The van der Waals surface area contributed by atoms with Crippen molar-refractivity contribution in [2.45, 2.75) is 340 Å². The molecule has 1 aliphatic rings. The van der Waals surface area contributed by atoms with E-state index in [1.165, 1.54) is 148 Å². The van der Waals surface area contributed by atoms with Crippen molar-refractivity contribution in [3.05, 3.63) is 36.5 Å². The van der Waals surface area contributed by atoms with Gasteiger partial charge in [0, 0.05) is 19.3 Å². The average Bonchev–Trinajstić information content (AvgIpc) is 3.42. The number of carbonyl (C=O) groups excluding carboxylic acids is 3. The minimum atomic E-state index is -1.90. The molecule has 0 aromatic carbocycles. The van der Waals surface area contributed by atoms with E-state index in [4.69, 9.17) is 23.7 Å². The van der Waals surface area contributed by atoms with Crippen molar-refractivity contribution < 1.29 is 58.2 Å². The normalized spacial score (nSPS) is 18.2. The minimum absolute atomic E-state index is 0.0575. The van der Waals surface area contributed by atoms with Gasteiger partial charge in [0.2, 0.25) is 0 Å². The fraction of sp³-hybridized carbons (Fsp3) is 0.846. The number of aliphatic hydroxyl groups is 2. The molecule has 77 heavy (non-hydrogen) atoms. The Kier molecular flexibility index (Phi) is 50.1. The van der Waals surface area contributed by atoms with Crippen LogP contribution in [0.5, 0.6) is 0 Å². The Morgan fingerprint density at radius 1 is 0.429 bits per heavy atom. The first-order valence-corrected chi connectivity index (χ1v) is 32.0. The van der Waals surface area contributed by atoms with E-state index in [9.17, 15) is 34.5 Å². The summed E-state index contributed by atoms with van der Waals surface area (Å²) in [5.74, 6) is -3.11. The lowest BCUT2D eigenvalue weighted by molar-refractivity contribution is -0.301. The topological polar surface area (TPSA) is 175 Å². The quantitative estimate of drug-likeness (QED) is 0.0228. The van der Waals surface area contributed by atoms with Crippen LogP contribution < -0.4 is 0 Å². The van der Waals surface area contributed by atoms with Crippen molar-refractivity contribution in [1.29, 1.82) is 0 Å². The summed E-state index contributed by atoms with van der Waals surface area (Å²) in [4.78, 5) is 51.2. The molecule has 0 amide bonds. The van der Waals surface area contributed by atoms with E-state index in [0.29, 0.717) is 19.3 Å². The summed E-state index contributed by atoms with van der Waals surface area (Å²) in [7, 11) is 0. The van der Waals surface area contributed by atoms with Crippen LogP contribution in [0.3, 0.4) is 0 Å². The number of carboxylic acid groups (broad SMARTS) is 1. The van der Waals surface area contributed by atoms with Gasteiger partial charge in [0.15, 0.2) is 24.6 Å². The number of aliphatic hydroxyl groups excluding tert-OH is 2. The largest absolute Gasteiger partial charge is 0.479 e. The molecule has 1 saturated heterocycles. The molecular formula is C65H116O12. The predicted molar refractivity (Wildman–Crippen MR) is 313 cm³/mol. The van der Waals surface area contributed by atoms with E-state index in [2.05, 4.69) is 57.2 Å². The maximum Gasteiger partial charge on any atom is 0.335 e. The average molecular weight is 1090 g/mol. The number of carboxylic acids is 1. The highest BCUT2D eigenvalue weighted by Crippen LogP contribution is 2.27. The van der Waals surface area contributed by atoms with E-state index in [-0.39, 0.29) is 25.9 Å². The Morgan fingerprint density at radius 2 is 0.779 bits per heavy atom. The molecular weight excluding hydrogens is 973 g/mol. The smallest absolute Gasteiger partial charge is 0.335 e. The van der Waals surface area contributed by atoms with Gasteiger partial charge in [-0.3, -0.25) is 14.4 Å². The molecule has 0 aromatic rings. The van der Waals surface area contributed by atoms with Gasteiger partial charge in [-0.05, 0) is 77.0 Å². The molecule has 1 aliphatic heterocycles. The Labute approximate surface area is 470 Å². The second-order valence-electron chi connectivity index (χ2n) is 22.0. The molecule has 0 aromatic heterocycles. The molecule has 0 aliphatic carbocycles. The first kappa shape index (κ1) is 72.0. The standard InChI is InChI=1S/C65H116O12/c1-4-7-10-13-16-19-22-25-28-29-32-35-38-41-44-47-50-53-59(68)76-63-61(70)60(69)62(64(71)72)77-65(63)74-55-56(75-58(67)52-49-46-43-40-37-34-31-27-24-21-18-15-12-9-6-3)54-73-57(66)51-48-45-42-39-36-33-30-26-23-20-17-14-11-8-5-2/h17,20,25-26,28,30,56,60-63,65,69-70H,4-16,18-19,21-24,27,29,31-55H2,1-3H3,(H,71,72)/b20-17-,28-25-,30-26-.